The van der Waals surface area contributed by atoms with Gasteiger partial charge in [0.1, 0.15) is 11.6 Å². The van der Waals surface area contributed by atoms with Crippen molar-refractivity contribution in [2.45, 2.75) is 13.0 Å². The van der Waals surface area contributed by atoms with Gasteiger partial charge in [-0.25, -0.2) is 8.78 Å². The van der Waals surface area contributed by atoms with Crippen molar-refractivity contribution in [3.63, 3.8) is 0 Å². The Balaban J connectivity index is 2.00. The van der Waals surface area contributed by atoms with Gasteiger partial charge in [0.25, 0.3) is 0 Å². The Morgan fingerprint density at radius 1 is 1.22 bits per heavy atom. The molecule has 0 aliphatic heterocycles. The number of rotatable bonds is 5. The van der Waals surface area contributed by atoms with Gasteiger partial charge in [-0.05, 0) is 56.4 Å². The van der Waals surface area contributed by atoms with Gasteiger partial charge in [-0.15, -0.1) is 0 Å². The van der Waals surface area contributed by atoms with Crippen molar-refractivity contribution < 1.29 is 13.6 Å². The summed E-state index contributed by atoms with van der Waals surface area (Å²) in [5, 5.41) is 2.76. The first kappa shape index (κ1) is 17.6. The third-order valence-corrected chi connectivity index (χ3v) is 4.12. The molecule has 1 N–H and O–H groups in total. The smallest absolute Gasteiger partial charge is 0.238 e. The van der Waals surface area contributed by atoms with E-state index < -0.39 is 17.7 Å². The minimum atomic E-state index is -0.499. The lowest BCUT2D eigenvalue weighted by atomic mass is 10.1. The third-order valence-electron chi connectivity index (χ3n) is 3.59. The highest BCUT2D eigenvalue weighted by Crippen LogP contribution is 2.22. The van der Waals surface area contributed by atoms with Crippen LogP contribution in [0.1, 0.15) is 18.5 Å². The van der Waals surface area contributed by atoms with Crippen molar-refractivity contribution in [3.8, 4) is 0 Å². The Morgan fingerprint density at radius 2 is 1.87 bits per heavy atom. The topological polar surface area (TPSA) is 32.3 Å². The first-order chi connectivity index (χ1) is 10.9. The lowest BCUT2D eigenvalue weighted by Gasteiger charge is -2.24. The lowest BCUT2D eigenvalue weighted by Crippen LogP contribution is -2.32. The second-order valence-electron chi connectivity index (χ2n) is 5.31. The van der Waals surface area contributed by atoms with Crippen molar-refractivity contribution in [1.29, 1.82) is 0 Å². The van der Waals surface area contributed by atoms with Gasteiger partial charge in [-0.2, -0.15) is 0 Å². The van der Waals surface area contributed by atoms with Crippen LogP contribution in [-0.2, 0) is 4.79 Å². The van der Waals surface area contributed by atoms with Crippen LogP contribution in [0.25, 0.3) is 0 Å². The predicted molar refractivity (Wildman–Crippen MR) is 90.2 cm³/mol. The molecule has 0 aromatic heterocycles. The van der Waals surface area contributed by atoms with Crippen LogP contribution in [-0.4, -0.2) is 24.4 Å². The number of nitrogens with zero attached hydrogens (tertiary/aromatic N) is 1. The first-order valence-electron chi connectivity index (χ1n) is 7.07. The normalized spacial score (nSPS) is 12.3. The maximum absolute atomic E-state index is 13.8. The summed E-state index contributed by atoms with van der Waals surface area (Å²) in [6.45, 7) is 1.79. The molecule has 0 aliphatic carbocycles. The zero-order chi connectivity index (χ0) is 17.0. The molecule has 2 aromatic rings. The molecular weight excluding hydrogens is 366 g/mol. The van der Waals surface area contributed by atoms with E-state index in [9.17, 15) is 13.6 Å². The number of likely N-dealkylation sites (N-methyl/N-ethyl adjacent to an activating group) is 1. The summed E-state index contributed by atoms with van der Waals surface area (Å²) < 4.78 is 28.0. The Hall–Kier alpha value is -1.79. The van der Waals surface area contributed by atoms with Crippen LogP contribution < -0.4 is 5.32 Å². The Morgan fingerprint density at radius 3 is 2.52 bits per heavy atom. The number of anilines is 1. The minimum Gasteiger partial charge on any atom is -0.325 e. The molecule has 6 heteroatoms. The fraction of sp³-hybridized carbons (Fsp3) is 0.235. The molecule has 122 valence electrons. The van der Waals surface area contributed by atoms with Crippen molar-refractivity contribution in [1.82, 2.24) is 4.90 Å². The quantitative estimate of drug-likeness (QED) is 0.832. The van der Waals surface area contributed by atoms with E-state index in [1.807, 2.05) is 12.1 Å². The zero-order valence-corrected chi connectivity index (χ0v) is 14.4. The van der Waals surface area contributed by atoms with Gasteiger partial charge in [-0.1, -0.05) is 15.9 Å². The summed E-state index contributed by atoms with van der Waals surface area (Å²) in [5.74, 6) is -1.21. The maximum atomic E-state index is 13.8. The number of benzene rings is 2. The Bertz CT molecular complexity index is 691. The summed E-state index contributed by atoms with van der Waals surface area (Å²) in [6.07, 6.45) is 0. The molecule has 0 saturated carbocycles. The summed E-state index contributed by atoms with van der Waals surface area (Å²) in [5.41, 5.74) is 0.903. The highest BCUT2D eigenvalue weighted by Gasteiger charge is 2.18. The van der Waals surface area contributed by atoms with Gasteiger partial charge in [0.2, 0.25) is 5.91 Å². The minimum absolute atomic E-state index is 0.0627. The monoisotopic (exact) mass is 382 g/mol. The van der Waals surface area contributed by atoms with Crippen molar-refractivity contribution in [2.75, 3.05) is 18.9 Å². The summed E-state index contributed by atoms with van der Waals surface area (Å²) in [4.78, 5) is 13.7. The van der Waals surface area contributed by atoms with Crippen LogP contribution in [0.4, 0.5) is 14.5 Å². The Kier molecular flexibility index (Phi) is 5.85. The van der Waals surface area contributed by atoms with Gasteiger partial charge in [0.15, 0.2) is 0 Å². The molecule has 0 aliphatic rings. The van der Waals surface area contributed by atoms with Crippen molar-refractivity contribution in [3.05, 3.63) is 64.1 Å². The molecule has 0 fully saturated rings. The Labute approximate surface area is 142 Å². The van der Waals surface area contributed by atoms with Crippen LogP contribution >= 0.6 is 15.9 Å². The number of carbonyl (C=O) groups excluding carboxylic acids is 1. The fourth-order valence-corrected chi connectivity index (χ4v) is 2.43. The first-order valence-corrected chi connectivity index (χ1v) is 7.86. The van der Waals surface area contributed by atoms with Crippen LogP contribution in [0.2, 0.25) is 0 Å². The molecule has 0 saturated heterocycles. The maximum Gasteiger partial charge on any atom is 0.238 e. The molecule has 3 nitrogen and oxygen atoms in total. The van der Waals surface area contributed by atoms with Gasteiger partial charge in [-0.3, -0.25) is 9.69 Å². The molecule has 1 unspecified atom stereocenters. The van der Waals surface area contributed by atoms with Gasteiger partial charge in [0, 0.05) is 21.8 Å². The van der Waals surface area contributed by atoms with Gasteiger partial charge in [0.05, 0.1) is 6.54 Å². The van der Waals surface area contributed by atoms with E-state index in [1.54, 1.807) is 31.0 Å². The SMILES string of the molecule is CC(c1cc(F)ccc1F)N(C)CC(=O)Nc1ccc(Br)cc1. The molecule has 1 atom stereocenters. The number of hydrogen-bond acceptors (Lipinski definition) is 2. The molecule has 0 heterocycles. The molecule has 0 radical (unpaired) electrons. The van der Waals surface area contributed by atoms with Crippen LogP contribution in [0.15, 0.2) is 46.9 Å². The van der Waals surface area contributed by atoms with E-state index >= 15 is 0 Å². The molecule has 2 rings (SSSR count). The van der Waals surface area contributed by atoms with E-state index in [-0.39, 0.29) is 18.0 Å². The zero-order valence-electron chi connectivity index (χ0n) is 12.8. The van der Waals surface area contributed by atoms with E-state index in [1.165, 1.54) is 0 Å². The average molecular weight is 383 g/mol. The number of carbonyl (C=O) groups is 1. The number of amides is 1. The van der Waals surface area contributed by atoms with Crippen molar-refractivity contribution >= 4 is 27.5 Å². The van der Waals surface area contributed by atoms with E-state index in [2.05, 4.69) is 21.2 Å². The van der Waals surface area contributed by atoms with Crippen molar-refractivity contribution in [2.24, 2.45) is 0 Å². The molecular formula is C17H17BrF2N2O. The number of halogens is 3. The van der Waals surface area contributed by atoms with E-state index in [0.717, 1.165) is 22.7 Å². The fourth-order valence-electron chi connectivity index (χ4n) is 2.17. The van der Waals surface area contributed by atoms with Crippen LogP contribution in [0.5, 0.6) is 0 Å². The summed E-state index contributed by atoms with van der Waals surface area (Å²) in [6, 6.07) is 10.1. The standard InChI is InChI=1S/C17H17BrF2N2O/c1-11(15-9-13(19)5-8-16(15)20)22(2)10-17(23)21-14-6-3-12(18)4-7-14/h3-9,11H,10H2,1-2H3,(H,21,23). The molecule has 1 amide bonds. The van der Waals surface area contributed by atoms with Gasteiger partial charge < -0.3 is 5.32 Å². The third kappa shape index (κ3) is 4.84. The predicted octanol–water partition coefficient (Wildman–Crippen LogP) is 4.36. The number of nitrogens with one attached hydrogen (secondary N) is 1. The highest BCUT2D eigenvalue weighted by atomic mass is 79.9. The molecule has 0 bridgehead atoms. The molecule has 0 spiro atoms. The van der Waals surface area contributed by atoms with Crippen LogP contribution in [0, 0.1) is 11.6 Å². The van der Waals surface area contributed by atoms with E-state index in [4.69, 9.17) is 0 Å². The largest absolute Gasteiger partial charge is 0.325 e. The lowest BCUT2D eigenvalue weighted by molar-refractivity contribution is -0.117. The molecule has 23 heavy (non-hydrogen) atoms. The molecule has 2 aromatic carbocycles. The second kappa shape index (κ2) is 7.66. The second-order valence-corrected chi connectivity index (χ2v) is 6.23. The number of hydrogen-bond donors (Lipinski definition) is 1. The summed E-state index contributed by atoms with van der Waals surface area (Å²) >= 11 is 3.32. The van der Waals surface area contributed by atoms with Gasteiger partial charge >= 0.3 is 0 Å². The highest BCUT2D eigenvalue weighted by molar-refractivity contribution is 9.10. The summed E-state index contributed by atoms with van der Waals surface area (Å²) in [7, 11) is 1.69. The average Bonchev–Trinajstić information content (AvgIpc) is 2.51. The van der Waals surface area contributed by atoms with E-state index in [0.29, 0.717) is 5.69 Å². The van der Waals surface area contributed by atoms with Crippen LogP contribution in [0.3, 0.4) is 0 Å².